The molecule has 0 aliphatic rings. The number of allylic oxidation sites excluding steroid dienone is 4. The van der Waals surface area contributed by atoms with Gasteiger partial charge in [0.1, 0.15) is 0 Å². The molecule has 0 aliphatic heterocycles. The van der Waals surface area contributed by atoms with Gasteiger partial charge < -0.3 is 0 Å². The summed E-state index contributed by atoms with van der Waals surface area (Å²) in [6.07, 6.45) is 11.3. The van der Waals surface area contributed by atoms with Crippen LogP contribution in [0, 0.1) is 0 Å². The van der Waals surface area contributed by atoms with Gasteiger partial charge in [-0.2, -0.15) is 0 Å². The van der Waals surface area contributed by atoms with Crippen LogP contribution < -0.4 is 0 Å². The maximum atomic E-state index is 3.63. The van der Waals surface area contributed by atoms with Crippen LogP contribution in [0.15, 0.2) is 37.5 Å². The standard InChI is InChI=1S/C9H14/c1-3-5-7-9-8-6-4-2/h3-5,7H,1-2,6,8-9H2/b7-5+. The number of hydrogen-bond acceptors (Lipinski definition) is 0. The van der Waals surface area contributed by atoms with E-state index >= 15 is 0 Å². The second-order valence-electron chi connectivity index (χ2n) is 1.88. The molecule has 0 aliphatic carbocycles. The van der Waals surface area contributed by atoms with Crippen LogP contribution in [0.5, 0.6) is 0 Å². The highest BCUT2D eigenvalue weighted by molar-refractivity contribution is 4.96. The molecule has 0 aromatic carbocycles. The lowest BCUT2D eigenvalue weighted by molar-refractivity contribution is 0.870. The maximum Gasteiger partial charge on any atom is -0.0345 e. The van der Waals surface area contributed by atoms with Crippen LogP contribution in [0.4, 0.5) is 0 Å². The van der Waals surface area contributed by atoms with Gasteiger partial charge in [0.2, 0.25) is 0 Å². The van der Waals surface area contributed by atoms with Crippen molar-refractivity contribution in [3.63, 3.8) is 0 Å². The van der Waals surface area contributed by atoms with Gasteiger partial charge in [-0.1, -0.05) is 30.9 Å². The molecule has 0 atom stereocenters. The van der Waals surface area contributed by atoms with E-state index in [4.69, 9.17) is 0 Å². The van der Waals surface area contributed by atoms with Gasteiger partial charge in [0.15, 0.2) is 0 Å². The summed E-state index contributed by atoms with van der Waals surface area (Å²) in [5.74, 6) is 0. The average Bonchev–Trinajstić information content (AvgIpc) is 1.89. The van der Waals surface area contributed by atoms with E-state index in [1.807, 2.05) is 12.2 Å². The van der Waals surface area contributed by atoms with Crippen LogP contribution in [0.3, 0.4) is 0 Å². The van der Waals surface area contributed by atoms with E-state index in [0.717, 1.165) is 12.8 Å². The van der Waals surface area contributed by atoms with E-state index in [0.29, 0.717) is 0 Å². The first kappa shape index (κ1) is 8.22. The fourth-order valence-electron chi connectivity index (χ4n) is 0.572. The smallest absolute Gasteiger partial charge is 0.0345 e. The van der Waals surface area contributed by atoms with Gasteiger partial charge >= 0.3 is 0 Å². The molecule has 0 saturated carbocycles. The van der Waals surface area contributed by atoms with Gasteiger partial charge in [0.05, 0.1) is 0 Å². The molecule has 0 unspecified atom stereocenters. The van der Waals surface area contributed by atoms with E-state index < -0.39 is 0 Å². The first-order valence-electron chi connectivity index (χ1n) is 3.30. The molecule has 0 fully saturated rings. The first-order chi connectivity index (χ1) is 4.41. The van der Waals surface area contributed by atoms with Crippen molar-refractivity contribution in [2.24, 2.45) is 0 Å². The summed E-state index contributed by atoms with van der Waals surface area (Å²) in [5.41, 5.74) is 0. The Morgan fingerprint density at radius 2 is 1.89 bits per heavy atom. The molecule has 0 aromatic rings. The Kier molecular flexibility index (Phi) is 6.59. The molecular formula is C9H14. The van der Waals surface area contributed by atoms with Gasteiger partial charge in [-0.05, 0) is 19.3 Å². The molecule has 0 amide bonds. The SMILES string of the molecule is C=C/C=C/CCCC=C. The minimum Gasteiger partial charge on any atom is -0.103 e. The van der Waals surface area contributed by atoms with Crippen LogP contribution in [-0.4, -0.2) is 0 Å². The highest BCUT2D eigenvalue weighted by atomic mass is 13.8. The largest absolute Gasteiger partial charge is 0.103 e. The van der Waals surface area contributed by atoms with Gasteiger partial charge in [-0.3, -0.25) is 0 Å². The molecule has 50 valence electrons. The summed E-state index contributed by atoms with van der Waals surface area (Å²) < 4.78 is 0. The number of rotatable bonds is 5. The third-order valence-corrected chi connectivity index (χ3v) is 1.05. The zero-order chi connectivity index (χ0) is 6.95. The van der Waals surface area contributed by atoms with Crippen molar-refractivity contribution in [3.8, 4) is 0 Å². The summed E-state index contributed by atoms with van der Waals surface area (Å²) in [5, 5.41) is 0. The Morgan fingerprint density at radius 3 is 2.44 bits per heavy atom. The lowest BCUT2D eigenvalue weighted by atomic mass is 10.2. The Hall–Kier alpha value is -0.780. The minimum absolute atomic E-state index is 1.11. The second-order valence-corrected chi connectivity index (χ2v) is 1.88. The van der Waals surface area contributed by atoms with E-state index in [2.05, 4.69) is 19.2 Å². The zero-order valence-corrected chi connectivity index (χ0v) is 5.84. The van der Waals surface area contributed by atoms with Crippen molar-refractivity contribution in [2.45, 2.75) is 19.3 Å². The number of unbranched alkanes of at least 4 members (excludes halogenated alkanes) is 2. The molecule has 0 saturated heterocycles. The van der Waals surface area contributed by atoms with Gasteiger partial charge in [0.25, 0.3) is 0 Å². The Morgan fingerprint density at radius 1 is 1.11 bits per heavy atom. The molecule has 0 bridgehead atoms. The normalized spacial score (nSPS) is 9.78. The summed E-state index contributed by atoms with van der Waals surface area (Å²) in [6.45, 7) is 7.21. The van der Waals surface area contributed by atoms with Crippen LogP contribution in [0.2, 0.25) is 0 Å². The summed E-state index contributed by atoms with van der Waals surface area (Å²) in [7, 11) is 0. The van der Waals surface area contributed by atoms with E-state index in [-0.39, 0.29) is 0 Å². The Balaban J connectivity index is 2.98. The van der Waals surface area contributed by atoms with Crippen molar-refractivity contribution >= 4 is 0 Å². The van der Waals surface area contributed by atoms with Crippen molar-refractivity contribution in [1.29, 1.82) is 0 Å². The summed E-state index contributed by atoms with van der Waals surface area (Å²) >= 11 is 0. The first-order valence-corrected chi connectivity index (χ1v) is 3.30. The zero-order valence-electron chi connectivity index (χ0n) is 5.84. The third-order valence-electron chi connectivity index (χ3n) is 1.05. The maximum absolute atomic E-state index is 3.63. The quantitative estimate of drug-likeness (QED) is 0.298. The highest BCUT2D eigenvalue weighted by Gasteiger charge is 1.76. The lowest BCUT2D eigenvalue weighted by Gasteiger charge is -1.86. The monoisotopic (exact) mass is 122 g/mol. The van der Waals surface area contributed by atoms with Crippen molar-refractivity contribution in [3.05, 3.63) is 37.5 Å². The van der Waals surface area contributed by atoms with Gasteiger partial charge in [-0.25, -0.2) is 0 Å². The van der Waals surface area contributed by atoms with Crippen LogP contribution >= 0.6 is 0 Å². The van der Waals surface area contributed by atoms with Crippen LogP contribution in [0.1, 0.15) is 19.3 Å². The molecule has 0 heterocycles. The molecule has 0 rings (SSSR count). The molecule has 0 nitrogen and oxygen atoms in total. The number of hydrogen-bond donors (Lipinski definition) is 0. The van der Waals surface area contributed by atoms with E-state index in [1.165, 1.54) is 6.42 Å². The third kappa shape index (κ3) is 7.22. The summed E-state index contributed by atoms with van der Waals surface area (Å²) in [6, 6.07) is 0. The lowest BCUT2D eigenvalue weighted by Crippen LogP contribution is -1.66. The van der Waals surface area contributed by atoms with Crippen LogP contribution in [-0.2, 0) is 0 Å². The molecule has 0 N–H and O–H groups in total. The van der Waals surface area contributed by atoms with E-state index in [9.17, 15) is 0 Å². The fraction of sp³-hybridized carbons (Fsp3) is 0.333. The molecule has 0 aromatic heterocycles. The molecule has 0 radical (unpaired) electrons. The molecule has 9 heavy (non-hydrogen) atoms. The summed E-state index contributed by atoms with van der Waals surface area (Å²) in [4.78, 5) is 0. The molecule has 0 heteroatoms. The van der Waals surface area contributed by atoms with Crippen LogP contribution in [0.25, 0.3) is 0 Å². The fourth-order valence-corrected chi connectivity index (χ4v) is 0.572. The van der Waals surface area contributed by atoms with Crippen molar-refractivity contribution < 1.29 is 0 Å². The topological polar surface area (TPSA) is 0 Å². The van der Waals surface area contributed by atoms with Gasteiger partial charge in [-0.15, -0.1) is 6.58 Å². The predicted octanol–water partition coefficient (Wildman–Crippen LogP) is 3.08. The van der Waals surface area contributed by atoms with Gasteiger partial charge in [0, 0.05) is 0 Å². The Bertz CT molecular complexity index is 98.6. The highest BCUT2D eigenvalue weighted by Crippen LogP contribution is 1.95. The van der Waals surface area contributed by atoms with Crippen molar-refractivity contribution in [2.75, 3.05) is 0 Å². The molecular weight excluding hydrogens is 108 g/mol. The second kappa shape index (κ2) is 7.22. The Labute approximate surface area is 57.6 Å². The predicted molar refractivity (Wildman–Crippen MR) is 43.4 cm³/mol. The average molecular weight is 122 g/mol. The van der Waals surface area contributed by atoms with Crippen molar-refractivity contribution in [1.82, 2.24) is 0 Å². The molecule has 0 spiro atoms. The van der Waals surface area contributed by atoms with E-state index in [1.54, 1.807) is 6.08 Å². The minimum atomic E-state index is 1.11.